The number of carbonyl (C=O) groups is 1. The number of ether oxygens (including phenoxy) is 1. The van der Waals surface area contributed by atoms with Crippen molar-refractivity contribution in [3.8, 4) is 5.75 Å². The lowest BCUT2D eigenvalue weighted by Gasteiger charge is -2.30. The number of thiol groups is 1. The Bertz CT molecular complexity index is 997. The number of halogens is 1. The van der Waals surface area contributed by atoms with Crippen molar-refractivity contribution in [3.05, 3.63) is 70.8 Å². The van der Waals surface area contributed by atoms with E-state index in [1.807, 2.05) is 24.3 Å². The summed E-state index contributed by atoms with van der Waals surface area (Å²) in [4.78, 5) is 14.4. The Morgan fingerprint density at radius 3 is 2.81 bits per heavy atom. The average Bonchev–Trinajstić information content (AvgIpc) is 3.04. The topological polar surface area (TPSA) is 55.6 Å². The maximum Gasteiger partial charge on any atom is 0.248 e. The standard InChI is InChI=1S/C30H41ClN2O2S/c1-2-23(10-6-4-3-5-7-17-36)20-33-21-25(13-8-11-24-12-9-14-27(31)18-24)22-35-29-16-15-26(30(32)34)19-28(29)33/h3-4,9,12,14-16,18-19,23,25,36H,2,5-8,10-11,13,17,20-22H2,1H3,(H2,32,34)/b4-3+/t23-,25?/m1/s1. The molecular weight excluding hydrogens is 488 g/mol. The fraction of sp³-hybridized carbons (Fsp3) is 0.500. The van der Waals surface area contributed by atoms with Crippen LogP contribution in [0.1, 0.15) is 67.8 Å². The van der Waals surface area contributed by atoms with Gasteiger partial charge < -0.3 is 15.4 Å². The molecule has 0 spiro atoms. The molecule has 0 radical (unpaired) electrons. The molecule has 2 atom stereocenters. The molecule has 2 aromatic carbocycles. The number of unbranched alkanes of at least 4 members (excludes halogenated alkanes) is 1. The Kier molecular flexibility index (Phi) is 12.0. The van der Waals surface area contributed by atoms with Gasteiger partial charge in [-0.15, -0.1) is 0 Å². The monoisotopic (exact) mass is 528 g/mol. The predicted octanol–water partition coefficient (Wildman–Crippen LogP) is 7.35. The van der Waals surface area contributed by atoms with Gasteiger partial charge in [0, 0.05) is 29.6 Å². The number of primary amides is 1. The Morgan fingerprint density at radius 2 is 2.06 bits per heavy atom. The minimum atomic E-state index is -0.404. The number of amides is 1. The molecule has 196 valence electrons. The fourth-order valence-corrected chi connectivity index (χ4v) is 5.25. The number of hydrogen-bond donors (Lipinski definition) is 2. The first-order valence-corrected chi connectivity index (χ1v) is 14.3. The van der Waals surface area contributed by atoms with Gasteiger partial charge in [0.1, 0.15) is 5.75 Å². The summed E-state index contributed by atoms with van der Waals surface area (Å²) in [6.45, 7) is 4.82. The van der Waals surface area contributed by atoms with Crippen molar-refractivity contribution in [1.29, 1.82) is 0 Å². The van der Waals surface area contributed by atoms with Gasteiger partial charge in [0.05, 0.1) is 12.3 Å². The third-order valence-electron chi connectivity index (χ3n) is 7.00. The van der Waals surface area contributed by atoms with E-state index >= 15 is 0 Å². The van der Waals surface area contributed by atoms with E-state index in [1.54, 1.807) is 6.07 Å². The second kappa shape index (κ2) is 15.2. The molecule has 1 aliphatic heterocycles. The maximum absolute atomic E-state index is 11.9. The Labute approximate surface area is 227 Å². The third kappa shape index (κ3) is 9.08. The van der Waals surface area contributed by atoms with E-state index in [0.717, 1.165) is 86.7 Å². The number of anilines is 1. The second-order valence-corrected chi connectivity index (χ2v) is 10.7. The molecular formula is C30H41ClN2O2S. The number of fused-ring (bicyclic) bond motifs is 1. The van der Waals surface area contributed by atoms with E-state index in [2.05, 4.69) is 48.7 Å². The van der Waals surface area contributed by atoms with Crippen LogP contribution in [0.3, 0.4) is 0 Å². The third-order valence-corrected chi connectivity index (χ3v) is 7.55. The van der Waals surface area contributed by atoms with Gasteiger partial charge in [-0.05, 0) is 92.5 Å². The molecule has 1 unspecified atom stereocenters. The van der Waals surface area contributed by atoms with Crippen LogP contribution in [0.2, 0.25) is 5.02 Å². The number of hydrogen-bond acceptors (Lipinski definition) is 4. The number of rotatable bonds is 14. The number of allylic oxidation sites excluding steroid dienone is 2. The molecule has 0 saturated carbocycles. The zero-order valence-electron chi connectivity index (χ0n) is 21.5. The average molecular weight is 529 g/mol. The highest BCUT2D eigenvalue weighted by atomic mass is 35.5. The van der Waals surface area contributed by atoms with Gasteiger partial charge in [-0.1, -0.05) is 49.2 Å². The molecule has 1 heterocycles. The van der Waals surface area contributed by atoms with Crippen molar-refractivity contribution < 1.29 is 9.53 Å². The van der Waals surface area contributed by atoms with Crippen molar-refractivity contribution in [1.82, 2.24) is 0 Å². The molecule has 0 fully saturated rings. The molecule has 0 bridgehead atoms. The minimum Gasteiger partial charge on any atom is -0.491 e. The van der Waals surface area contributed by atoms with E-state index < -0.39 is 5.91 Å². The molecule has 1 aliphatic rings. The lowest BCUT2D eigenvalue weighted by molar-refractivity contribution is 0.100. The summed E-state index contributed by atoms with van der Waals surface area (Å²) in [6.07, 6.45) is 13.3. The number of nitrogens with two attached hydrogens (primary N) is 1. The molecule has 3 rings (SSSR count). The normalized spacial score (nSPS) is 16.4. The first kappa shape index (κ1) is 28.5. The number of benzene rings is 2. The summed E-state index contributed by atoms with van der Waals surface area (Å²) >= 11 is 10.4. The predicted molar refractivity (Wildman–Crippen MR) is 156 cm³/mol. The van der Waals surface area contributed by atoms with Crippen LogP contribution in [0.15, 0.2) is 54.6 Å². The number of aryl methyl sites for hydroxylation is 1. The molecule has 4 nitrogen and oxygen atoms in total. The van der Waals surface area contributed by atoms with Crippen LogP contribution < -0.4 is 15.4 Å². The molecule has 2 aromatic rings. The van der Waals surface area contributed by atoms with Crippen LogP contribution >= 0.6 is 24.2 Å². The molecule has 2 N–H and O–H groups in total. The van der Waals surface area contributed by atoms with E-state index in [1.165, 1.54) is 5.56 Å². The first-order chi connectivity index (χ1) is 17.5. The molecule has 0 aromatic heterocycles. The SMILES string of the molecule is CC[C@H](CC/C=C/CCCS)CN1CC(CCCc2cccc(Cl)c2)COc2ccc(C(N)=O)cc21. The van der Waals surface area contributed by atoms with Crippen molar-refractivity contribution >= 4 is 35.8 Å². The van der Waals surface area contributed by atoms with Gasteiger partial charge in [-0.25, -0.2) is 0 Å². The highest BCUT2D eigenvalue weighted by Crippen LogP contribution is 2.35. The number of nitrogens with zero attached hydrogens (tertiary/aromatic N) is 1. The summed E-state index contributed by atoms with van der Waals surface area (Å²) in [5.74, 6) is 2.35. The highest BCUT2D eigenvalue weighted by Gasteiger charge is 2.25. The molecule has 1 amide bonds. The zero-order chi connectivity index (χ0) is 25.8. The lowest BCUT2D eigenvalue weighted by atomic mass is 9.96. The minimum absolute atomic E-state index is 0.404. The second-order valence-electron chi connectivity index (χ2n) is 9.84. The van der Waals surface area contributed by atoms with Gasteiger partial charge in [0.15, 0.2) is 0 Å². The van der Waals surface area contributed by atoms with Crippen molar-refractivity contribution in [2.75, 3.05) is 30.3 Å². The van der Waals surface area contributed by atoms with E-state index in [0.29, 0.717) is 24.0 Å². The smallest absolute Gasteiger partial charge is 0.248 e. The van der Waals surface area contributed by atoms with Gasteiger partial charge in [0.2, 0.25) is 5.91 Å². The van der Waals surface area contributed by atoms with Crippen LogP contribution in [-0.4, -0.2) is 31.4 Å². The van der Waals surface area contributed by atoms with Crippen LogP contribution in [0.25, 0.3) is 0 Å². The summed E-state index contributed by atoms with van der Waals surface area (Å²) < 4.78 is 6.27. The Morgan fingerprint density at radius 1 is 1.22 bits per heavy atom. The van der Waals surface area contributed by atoms with Gasteiger partial charge >= 0.3 is 0 Å². The zero-order valence-corrected chi connectivity index (χ0v) is 23.2. The van der Waals surface area contributed by atoms with Crippen molar-refractivity contribution in [3.63, 3.8) is 0 Å². The van der Waals surface area contributed by atoms with Gasteiger partial charge in [0.25, 0.3) is 0 Å². The Balaban J connectivity index is 1.68. The number of carbonyl (C=O) groups excluding carboxylic acids is 1. The van der Waals surface area contributed by atoms with Gasteiger partial charge in [-0.2, -0.15) is 12.6 Å². The van der Waals surface area contributed by atoms with Crippen LogP contribution in [-0.2, 0) is 6.42 Å². The fourth-order valence-electron chi connectivity index (χ4n) is 4.86. The first-order valence-electron chi connectivity index (χ1n) is 13.3. The molecule has 6 heteroatoms. The van der Waals surface area contributed by atoms with Crippen LogP contribution in [0.5, 0.6) is 5.75 Å². The molecule has 0 saturated heterocycles. The van der Waals surface area contributed by atoms with Crippen LogP contribution in [0, 0.1) is 11.8 Å². The van der Waals surface area contributed by atoms with Gasteiger partial charge in [-0.3, -0.25) is 4.79 Å². The summed E-state index contributed by atoms with van der Waals surface area (Å²) in [6, 6.07) is 13.7. The van der Waals surface area contributed by atoms with E-state index in [9.17, 15) is 4.79 Å². The molecule has 0 aliphatic carbocycles. The maximum atomic E-state index is 11.9. The Hall–Kier alpha value is -2.11. The summed E-state index contributed by atoms with van der Waals surface area (Å²) in [5.41, 5.74) is 8.41. The quantitative estimate of drug-likeness (QED) is 0.153. The largest absolute Gasteiger partial charge is 0.491 e. The highest BCUT2D eigenvalue weighted by molar-refractivity contribution is 7.80. The van der Waals surface area contributed by atoms with Crippen LogP contribution in [0.4, 0.5) is 5.69 Å². The molecule has 36 heavy (non-hydrogen) atoms. The van der Waals surface area contributed by atoms with E-state index in [-0.39, 0.29) is 0 Å². The van der Waals surface area contributed by atoms with Crippen molar-refractivity contribution in [2.45, 2.75) is 58.3 Å². The lowest BCUT2D eigenvalue weighted by Crippen LogP contribution is -2.34. The van der Waals surface area contributed by atoms with Crippen molar-refractivity contribution in [2.24, 2.45) is 17.6 Å². The van der Waals surface area contributed by atoms with E-state index in [4.69, 9.17) is 22.1 Å². The summed E-state index contributed by atoms with van der Waals surface area (Å²) in [7, 11) is 0. The summed E-state index contributed by atoms with van der Waals surface area (Å²) in [5, 5.41) is 0.791.